The summed E-state index contributed by atoms with van der Waals surface area (Å²) in [4.78, 5) is 33.9. The minimum Gasteiger partial charge on any atom is -0.477 e. The Morgan fingerprint density at radius 1 is 1.55 bits per heavy atom. The Morgan fingerprint density at radius 3 is 2.86 bits per heavy atom. The van der Waals surface area contributed by atoms with Crippen LogP contribution in [0.15, 0.2) is 12.1 Å². The van der Waals surface area contributed by atoms with E-state index >= 15 is 0 Å². The first-order chi connectivity index (χ1) is 10.4. The molecule has 1 aromatic carbocycles. The molecule has 0 heterocycles. The second kappa shape index (κ2) is 6.74. The number of carbonyl (C=O) groups is 2. The van der Waals surface area contributed by atoms with E-state index < -0.39 is 4.92 Å². The SMILES string of the molecule is CC(=O)N[C@H]1CCc2c(OCCl)cc([N+](=O)[O-])cc2C(=O)C1. The number of nitrogens with one attached hydrogen (secondary N) is 1. The Labute approximate surface area is 131 Å². The van der Waals surface area contributed by atoms with Crippen LogP contribution in [0.3, 0.4) is 0 Å². The van der Waals surface area contributed by atoms with Crippen molar-refractivity contribution >= 4 is 29.0 Å². The Hall–Kier alpha value is -2.15. The zero-order valence-electron chi connectivity index (χ0n) is 11.9. The number of carbonyl (C=O) groups excluding carboxylic acids is 2. The molecular weight excluding hydrogens is 312 g/mol. The van der Waals surface area contributed by atoms with E-state index in [1.54, 1.807) is 0 Å². The molecule has 0 spiro atoms. The molecule has 0 radical (unpaired) electrons. The molecule has 1 N–H and O–H groups in total. The van der Waals surface area contributed by atoms with Gasteiger partial charge in [-0.3, -0.25) is 19.7 Å². The van der Waals surface area contributed by atoms with Gasteiger partial charge in [-0.1, -0.05) is 11.6 Å². The summed E-state index contributed by atoms with van der Waals surface area (Å²) in [6.45, 7) is 1.38. The lowest BCUT2D eigenvalue weighted by molar-refractivity contribution is -0.385. The van der Waals surface area contributed by atoms with Crippen molar-refractivity contribution in [2.24, 2.45) is 0 Å². The van der Waals surface area contributed by atoms with Crippen LogP contribution in [0.4, 0.5) is 5.69 Å². The van der Waals surface area contributed by atoms with Gasteiger partial charge in [0.15, 0.2) is 11.8 Å². The van der Waals surface area contributed by atoms with E-state index in [0.717, 1.165) is 0 Å². The van der Waals surface area contributed by atoms with Crippen LogP contribution in [-0.4, -0.2) is 28.7 Å². The number of benzene rings is 1. The fourth-order valence-corrected chi connectivity index (χ4v) is 2.71. The first kappa shape index (κ1) is 16.2. The number of nitro groups is 1. The highest BCUT2D eigenvalue weighted by molar-refractivity contribution is 6.17. The molecule has 0 unspecified atom stereocenters. The number of hydrogen-bond acceptors (Lipinski definition) is 5. The second-order valence-electron chi connectivity index (χ2n) is 5.04. The van der Waals surface area contributed by atoms with Crippen molar-refractivity contribution < 1.29 is 19.2 Å². The lowest BCUT2D eigenvalue weighted by Crippen LogP contribution is -2.34. The third-order valence-corrected chi connectivity index (χ3v) is 3.61. The maximum absolute atomic E-state index is 12.4. The van der Waals surface area contributed by atoms with Crippen molar-refractivity contribution in [3.63, 3.8) is 0 Å². The molecule has 1 aromatic rings. The van der Waals surface area contributed by atoms with E-state index in [1.165, 1.54) is 19.1 Å². The van der Waals surface area contributed by atoms with Crippen LogP contribution in [-0.2, 0) is 11.2 Å². The molecule has 22 heavy (non-hydrogen) atoms. The van der Waals surface area contributed by atoms with Crippen LogP contribution in [0.5, 0.6) is 5.75 Å². The smallest absolute Gasteiger partial charge is 0.273 e. The maximum atomic E-state index is 12.4. The summed E-state index contributed by atoms with van der Waals surface area (Å²) in [5.74, 6) is -0.225. The van der Waals surface area contributed by atoms with Gasteiger partial charge >= 0.3 is 0 Å². The van der Waals surface area contributed by atoms with Gasteiger partial charge in [-0.15, -0.1) is 0 Å². The number of Topliss-reactive ketones (excluding diaryl/α,β-unsaturated/α-hetero) is 1. The van der Waals surface area contributed by atoms with Crippen molar-refractivity contribution in [1.82, 2.24) is 5.32 Å². The number of ether oxygens (including phenoxy) is 1. The molecule has 7 nitrogen and oxygen atoms in total. The highest BCUT2D eigenvalue weighted by Crippen LogP contribution is 2.33. The van der Waals surface area contributed by atoms with E-state index in [-0.39, 0.29) is 47.2 Å². The predicted octanol–water partition coefficient (Wildman–Crippen LogP) is 2.19. The van der Waals surface area contributed by atoms with Gasteiger partial charge < -0.3 is 10.1 Å². The number of hydrogen-bond donors (Lipinski definition) is 1. The quantitative estimate of drug-likeness (QED) is 0.396. The highest BCUT2D eigenvalue weighted by atomic mass is 35.5. The van der Waals surface area contributed by atoms with Crippen LogP contribution >= 0.6 is 11.6 Å². The maximum Gasteiger partial charge on any atom is 0.273 e. The first-order valence-corrected chi connectivity index (χ1v) is 7.26. The van der Waals surface area contributed by atoms with E-state index in [2.05, 4.69) is 5.32 Å². The monoisotopic (exact) mass is 326 g/mol. The molecule has 0 saturated carbocycles. The van der Waals surface area contributed by atoms with E-state index in [1.807, 2.05) is 0 Å². The third-order valence-electron chi connectivity index (χ3n) is 3.50. The van der Waals surface area contributed by atoms with Crippen molar-refractivity contribution in [1.29, 1.82) is 0 Å². The van der Waals surface area contributed by atoms with Crippen LogP contribution < -0.4 is 10.1 Å². The number of nitrogens with zero attached hydrogens (tertiary/aromatic N) is 1. The molecule has 2 rings (SSSR count). The molecule has 0 fully saturated rings. The summed E-state index contributed by atoms with van der Waals surface area (Å²) in [5, 5.41) is 13.7. The lowest BCUT2D eigenvalue weighted by atomic mass is 10.00. The molecule has 1 amide bonds. The number of alkyl halides is 1. The van der Waals surface area contributed by atoms with Gasteiger partial charge in [0.05, 0.1) is 11.0 Å². The van der Waals surface area contributed by atoms with Crippen molar-refractivity contribution in [3.8, 4) is 5.75 Å². The van der Waals surface area contributed by atoms with Gasteiger partial charge in [-0.2, -0.15) is 0 Å². The minimum atomic E-state index is -0.579. The Morgan fingerprint density at radius 2 is 2.27 bits per heavy atom. The number of rotatable bonds is 4. The Balaban J connectivity index is 2.43. The van der Waals surface area contributed by atoms with Crippen molar-refractivity contribution in [2.45, 2.75) is 32.2 Å². The average Bonchev–Trinajstić information content (AvgIpc) is 2.58. The van der Waals surface area contributed by atoms with Gasteiger partial charge in [-0.25, -0.2) is 0 Å². The molecule has 1 aliphatic carbocycles. The van der Waals surface area contributed by atoms with Gasteiger partial charge in [0.25, 0.3) is 5.69 Å². The van der Waals surface area contributed by atoms with Gasteiger partial charge in [0, 0.05) is 36.6 Å². The lowest BCUT2D eigenvalue weighted by Gasteiger charge is -2.13. The van der Waals surface area contributed by atoms with Crippen LogP contribution in [0.1, 0.15) is 35.7 Å². The first-order valence-electron chi connectivity index (χ1n) is 6.72. The summed E-state index contributed by atoms with van der Waals surface area (Å²) in [5.41, 5.74) is 0.650. The Bertz CT molecular complexity index is 632. The summed E-state index contributed by atoms with van der Waals surface area (Å²) in [6, 6.07) is 2.07. The zero-order chi connectivity index (χ0) is 16.3. The van der Waals surface area contributed by atoms with Crippen molar-refractivity contribution in [3.05, 3.63) is 33.4 Å². The summed E-state index contributed by atoms with van der Waals surface area (Å²) in [6.07, 6.45) is 1.12. The van der Waals surface area contributed by atoms with E-state index in [9.17, 15) is 19.7 Å². The van der Waals surface area contributed by atoms with Gasteiger partial charge in [-0.05, 0) is 12.8 Å². The molecular formula is C14H15ClN2O5. The predicted molar refractivity (Wildman–Crippen MR) is 79.3 cm³/mol. The molecule has 0 saturated heterocycles. The molecule has 1 aliphatic rings. The largest absolute Gasteiger partial charge is 0.477 e. The summed E-state index contributed by atoms with van der Waals surface area (Å²) >= 11 is 5.55. The number of halogens is 1. The topological polar surface area (TPSA) is 98.5 Å². The summed E-state index contributed by atoms with van der Waals surface area (Å²) in [7, 11) is 0. The zero-order valence-corrected chi connectivity index (χ0v) is 12.7. The highest BCUT2D eigenvalue weighted by Gasteiger charge is 2.28. The number of ketones is 1. The van der Waals surface area contributed by atoms with Crippen LogP contribution in [0, 0.1) is 10.1 Å². The standard InChI is InChI=1S/C14H15ClN2O5/c1-8(18)16-9-2-3-11-12(13(19)4-9)5-10(17(20)21)6-14(11)22-7-15/h5-6,9H,2-4,7H2,1H3,(H,16,18)/t9-/m0/s1. The van der Waals surface area contributed by atoms with Crippen LogP contribution in [0.2, 0.25) is 0 Å². The van der Waals surface area contributed by atoms with Gasteiger partial charge in [0.1, 0.15) is 5.75 Å². The molecule has 118 valence electrons. The normalized spacial score (nSPS) is 17.4. The average molecular weight is 327 g/mol. The van der Waals surface area contributed by atoms with E-state index in [4.69, 9.17) is 16.3 Å². The summed E-state index contributed by atoms with van der Waals surface area (Å²) < 4.78 is 5.24. The number of non-ortho nitro benzene ring substituents is 1. The third kappa shape index (κ3) is 3.54. The minimum absolute atomic E-state index is 0.105. The number of nitro benzene ring substituents is 1. The molecule has 1 atom stereocenters. The van der Waals surface area contributed by atoms with Crippen molar-refractivity contribution in [2.75, 3.05) is 6.07 Å². The second-order valence-corrected chi connectivity index (χ2v) is 5.26. The van der Waals surface area contributed by atoms with Crippen LogP contribution in [0.25, 0.3) is 0 Å². The Kier molecular flexibility index (Phi) is 4.97. The van der Waals surface area contributed by atoms with Gasteiger partial charge in [0.2, 0.25) is 5.91 Å². The molecule has 8 heteroatoms. The fraction of sp³-hybridized carbons (Fsp3) is 0.429. The van der Waals surface area contributed by atoms with E-state index in [0.29, 0.717) is 18.4 Å². The number of fused-ring (bicyclic) bond motifs is 1. The molecule has 0 aliphatic heterocycles. The molecule has 0 bridgehead atoms. The fourth-order valence-electron chi connectivity index (χ4n) is 2.60. The number of amides is 1. The molecule has 0 aromatic heterocycles.